The molecule has 0 aliphatic carbocycles. The second kappa shape index (κ2) is 7.30. The molecule has 0 bridgehead atoms. The molecule has 0 aliphatic heterocycles. The van der Waals surface area contributed by atoms with Crippen LogP contribution in [0.3, 0.4) is 0 Å². The molecule has 0 aromatic rings. The van der Waals surface area contributed by atoms with Gasteiger partial charge in [0.1, 0.15) is 0 Å². The first-order valence-corrected chi connectivity index (χ1v) is 4.22. The van der Waals surface area contributed by atoms with E-state index in [2.05, 4.69) is 9.26 Å². The van der Waals surface area contributed by atoms with E-state index in [4.69, 9.17) is 0 Å². The maximum absolute atomic E-state index is 11.5. The second-order valence-electron chi connectivity index (χ2n) is 1.46. The van der Waals surface area contributed by atoms with Gasteiger partial charge in [-0.25, -0.2) is 0 Å². The third kappa shape index (κ3) is 13.6. The third-order valence-electron chi connectivity index (χ3n) is 0.677. The molecule has 0 rings (SSSR count). The van der Waals surface area contributed by atoms with Gasteiger partial charge in [0.25, 0.3) is 0 Å². The molecule has 1 atom stereocenters. The molecule has 0 saturated heterocycles. The van der Waals surface area contributed by atoms with Crippen molar-refractivity contribution >= 4 is 7.91 Å². The van der Waals surface area contributed by atoms with Crippen LogP contribution in [0.15, 0.2) is 0 Å². The fourth-order valence-electron chi connectivity index (χ4n) is 0.350. The van der Waals surface area contributed by atoms with E-state index in [1.165, 1.54) is 0 Å². The van der Waals surface area contributed by atoms with Crippen LogP contribution in [0.1, 0.15) is 6.92 Å². The Labute approximate surface area is 76.9 Å². The van der Waals surface area contributed by atoms with E-state index in [0.717, 1.165) is 0 Å². The molecular weight excluding hydrogens is 169 g/mol. The summed E-state index contributed by atoms with van der Waals surface area (Å²) in [5.74, 6) is 0. The molecule has 0 amide bonds. The molecule has 0 fully saturated rings. The summed E-state index contributed by atoms with van der Waals surface area (Å²) in [5.41, 5.74) is 0. The topological polar surface area (TPSA) is 58.6 Å². The Hall–Kier alpha value is 0.637. The zero-order valence-corrected chi connectivity index (χ0v) is 7.47. The minimum absolute atomic E-state index is 0. The Kier molecular flexibility index (Phi) is 9.40. The normalized spacial score (nSPS) is 15.2. The Bertz CT molecular complexity index is 127. The van der Waals surface area contributed by atoms with Gasteiger partial charge in [0.2, 0.25) is 0 Å². The van der Waals surface area contributed by atoms with E-state index in [-0.39, 0.29) is 32.1 Å². The fraction of sp³-hybridized carbons (Fsp3) is 1.00. The van der Waals surface area contributed by atoms with E-state index in [1.807, 2.05) is 0 Å². The van der Waals surface area contributed by atoms with Crippen molar-refractivity contribution in [3.63, 3.8) is 0 Å². The molecule has 11 heavy (non-hydrogen) atoms. The van der Waals surface area contributed by atoms with E-state index in [1.54, 1.807) is 6.92 Å². The molecule has 0 saturated carbocycles. The first-order chi connectivity index (χ1) is 4.56. The fourth-order valence-corrected chi connectivity index (χ4v) is 0.642. The first kappa shape index (κ1) is 14.2. The number of rotatable bonds is 5. The maximum Gasteiger partial charge on any atom is 1.00 e. The van der Waals surface area contributed by atoms with Gasteiger partial charge in [-0.15, -0.1) is 0 Å². The molecule has 0 spiro atoms. The number of ether oxygens (including phenoxy) is 1. The average molecular weight is 178 g/mol. The summed E-state index contributed by atoms with van der Waals surface area (Å²) < 4.78 is 29.6. The Morgan fingerprint density at radius 1 is 1.55 bits per heavy atom. The number of hydrogen-bond donors (Lipinski definition) is 0. The summed E-state index contributed by atoms with van der Waals surface area (Å²) in [6, 6.07) is 0. The zero-order valence-electron chi connectivity index (χ0n) is 6.58. The molecule has 0 aliphatic rings. The molecule has 0 aromatic carbocycles. The minimum Gasteiger partial charge on any atom is -0.753 e. The van der Waals surface area contributed by atoms with Crippen LogP contribution in [0.5, 0.6) is 0 Å². The molecule has 0 N–H and O–H groups in total. The zero-order chi connectivity index (χ0) is 8.04. The van der Waals surface area contributed by atoms with Crippen molar-refractivity contribution in [3.05, 3.63) is 0 Å². The molecule has 7 heteroatoms. The first-order valence-electron chi connectivity index (χ1n) is 2.79. The Morgan fingerprint density at radius 2 is 2.09 bits per heavy atom. The van der Waals surface area contributed by atoms with Gasteiger partial charge < -0.3 is 14.2 Å². The standard InChI is InChI=1S/C4H10FO4P.Li/c1-2-8-3-4-9-10(5,6)7;/h2-4H2,1H3,(H,6,7);/q;+1/p-1. The second-order valence-corrected chi connectivity index (χ2v) is 2.58. The molecule has 1 unspecified atom stereocenters. The maximum atomic E-state index is 11.5. The minimum atomic E-state index is -5.04. The summed E-state index contributed by atoms with van der Waals surface area (Å²) in [4.78, 5) is 9.68. The van der Waals surface area contributed by atoms with Gasteiger partial charge in [-0.2, -0.15) is 4.20 Å². The van der Waals surface area contributed by atoms with E-state index >= 15 is 0 Å². The van der Waals surface area contributed by atoms with Crippen LogP contribution in [0.2, 0.25) is 0 Å². The molecule has 0 heterocycles. The van der Waals surface area contributed by atoms with Gasteiger partial charge in [-0.3, -0.25) is 4.57 Å². The van der Waals surface area contributed by atoms with Crippen LogP contribution in [-0.2, 0) is 13.8 Å². The van der Waals surface area contributed by atoms with Gasteiger partial charge >= 0.3 is 26.8 Å². The van der Waals surface area contributed by atoms with Gasteiger partial charge in [0, 0.05) is 6.61 Å². The summed E-state index contributed by atoms with van der Waals surface area (Å²) in [6.07, 6.45) is 0. The van der Waals surface area contributed by atoms with Crippen LogP contribution < -0.4 is 23.8 Å². The quantitative estimate of drug-likeness (QED) is 0.265. The molecule has 0 radical (unpaired) electrons. The monoisotopic (exact) mass is 178 g/mol. The van der Waals surface area contributed by atoms with Gasteiger partial charge in [-0.1, -0.05) is 0 Å². The summed E-state index contributed by atoms with van der Waals surface area (Å²) in [7, 11) is -5.04. The molecule has 4 nitrogen and oxygen atoms in total. The van der Waals surface area contributed by atoms with Crippen molar-refractivity contribution in [1.82, 2.24) is 0 Å². The van der Waals surface area contributed by atoms with Crippen LogP contribution >= 0.6 is 7.91 Å². The summed E-state index contributed by atoms with van der Waals surface area (Å²) in [5, 5.41) is 0. The van der Waals surface area contributed by atoms with Gasteiger partial charge in [0.15, 0.2) is 0 Å². The predicted octanol–water partition coefficient (Wildman–Crippen LogP) is -2.52. The van der Waals surface area contributed by atoms with Crippen LogP contribution in [0.25, 0.3) is 0 Å². The Balaban J connectivity index is 0. The van der Waals surface area contributed by atoms with Crippen LogP contribution in [0.4, 0.5) is 4.20 Å². The largest absolute Gasteiger partial charge is 1.00 e. The summed E-state index contributed by atoms with van der Waals surface area (Å²) in [6.45, 7) is 2.03. The van der Waals surface area contributed by atoms with E-state index in [0.29, 0.717) is 6.61 Å². The molecule has 62 valence electrons. The average Bonchev–Trinajstić information content (AvgIpc) is 1.78. The molecule has 0 aromatic heterocycles. The van der Waals surface area contributed by atoms with Crippen molar-refractivity contribution in [1.29, 1.82) is 0 Å². The van der Waals surface area contributed by atoms with E-state index in [9.17, 15) is 13.7 Å². The smallest absolute Gasteiger partial charge is 0.753 e. The van der Waals surface area contributed by atoms with Crippen LogP contribution in [0, 0.1) is 0 Å². The van der Waals surface area contributed by atoms with E-state index < -0.39 is 7.91 Å². The van der Waals surface area contributed by atoms with Crippen molar-refractivity contribution in [2.45, 2.75) is 6.92 Å². The third-order valence-corrected chi connectivity index (χ3v) is 1.17. The predicted molar refractivity (Wildman–Crippen MR) is 31.2 cm³/mol. The Morgan fingerprint density at radius 3 is 2.45 bits per heavy atom. The molecular formula is C4H9FLiO4P. The van der Waals surface area contributed by atoms with Crippen LogP contribution in [-0.4, -0.2) is 19.8 Å². The van der Waals surface area contributed by atoms with Crippen molar-refractivity contribution in [2.24, 2.45) is 0 Å². The van der Waals surface area contributed by atoms with Gasteiger partial charge in [0.05, 0.1) is 13.2 Å². The number of hydrogen-bond acceptors (Lipinski definition) is 4. The SMILES string of the molecule is CCOCCOP(=O)([O-])F.[Li+]. The number of halogens is 1. The van der Waals surface area contributed by atoms with Crippen molar-refractivity contribution in [2.75, 3.05) is 19.8 Å². The van der Waals surface area contributed by atoms with Gasteiger partial charge in [-0.05, 0) is 6.92 Å². The van der Waals surface area contributed by atoms with Crippen molar-refractivity contribution in [3.8, 4) is 0 Å². The van der Waals surface area contributed by atoms with Crippen molar-refractivity contribution < 1.29 is 41.8 Å². The summed E-state index contributed by atoms with van der Waals surface area (Å²) >= 11 is 0.